The Morgan fingerprint density at radius 1 is 1.48 bits per heavy atom. The first-order valence-corrected chi connectivity index (χ1v) is 8.56. The summed E-state index contributed by atoms with van der Waals surface area (Å²) in [6.45, 7) is 4.19. The first-order valence-electron chi connectivity index (χ1n) is 7.07. The third-order valence-electron chi connectivity index (χ3n) is 4.18. The summed E-state index contributed by atoms with van der Waals surface area (Å²) in [5.74, 6) is -0.315. The Balaban J connectivity index is 2.15. The van der Waals surface area contributed by atoms with Crippen LogP contribution in [0.5, 0.6) is 0 Å². The molecule has 1 aliphatic rings. The first kappa shape index (κ1) is 16.0. The van der Waals surface area contributed by atoms with E-state index < -0.39 is 21.4 Å². The summed E-state index contributed by atoms with van der Waals surface area (Å²) in [7, 11) is -3.78. The predicted molar refractivity (Wildman–Crippen MR) is 76.4 cm³/mol. The Hall–Kier alpha value is -1.41. The summed E-state index contributed by atoms with van der Waals surface area (Å²) < 4.78 is 28.7. The molecule has 0 aliphatic heterocycles. The van der Waals surface area contributed by atoms with Gasteiger partial charge in [-0.25, -0.2) is 18.1 Å². The Morgan fingerprint density at radius 3 is 2.57 bits per heavy atom. The summed E-state index contributed by atoms with van der Waals surface area (Å²) in [5.41, 5.74) is -0.977. The van der Waals surface area contributed by atoms with E-state index in [1.165, 1.54) is 6.20 Å². The molecule has 7 nitrogen and oxygen atoms in total. The quantitative estimate of drug-likeness (QED) is 0.819. The summed E-state index contributed by atoms with van der Waals surface area (Å²) in [5, 5.41) is 9.31. The fourth-order valence-corrected chi connectivity index (χ4v) is 3.89. The molecule has 0 radical (unpaired) electrons. The first-order chi connectivity index (χ1) is 9.81. The molecule has 118 valence electrons. The maximum absolute atomic E-state index is 12.3. The molecule has 1 aromatic heterocycles. The van der Waals surface area contributed by atoms with E-state index in [9.17, 15) is 18.3 Å². The summed E-state index contributed by atoms with van der Waals surface area (Å²) in [4.78, 5) is 15.5. The SMILES string of the molecule is CCn1cc(S(=O)(=O)NCC2(C(=O)O)CCCC2)nc1C. The highest BCUT2D eigenvalue weighted by atomic mass is 32.2. The van der Waals surface area contributed by atoms with Gasteiger partial charge in [0.2, 0.25) is 0 Å². The lowest BCUT2D eigenvalue weighted by Crippen LogP contribution is -2.41. The number of nitrogens with zero attached hydrogens (tertiary/aromatic N) is 2. The number of sulfonamides is 1. The smallest absolute Gasteiger partial charge is 0.310 e. The van der Waals surface area contributed by atoms with Crippen molar-refractivity contribution in [3.8, 4) is 0 Å². The highest BCUT2D eigenvalue weighted by Crippen LogP contribution is 2.38. The van der Waals surface area contributed by atoms with Crippen LogP contribution in [-0.4, -0.2) is 35.6 Å². The van der Waals surface area contributed by atoms with Crippen LogP contribution < -0.4 is 4.72 Å². The summed E-state index contributed by atoms with van der Waals surface area (Å²) in [6, 6.07) is 0. The molecule has 1 fully saturated rings. The Bertz CT molecular complexity index is 630. The molecular weight excluding hydrogens is 294 g/mol. The fraction of sp³-hybridized carbons (Fsp3) is 0.692. The van der Waals surface area contributed by atoms with Crippen molar-refractivity contribution in [2.45, 2.75) is 51.1 Å². The van der Waals surface area contributed by atoms with Crippen LogP contribution in [0.25, 0.3) is 0 Å². The number of aryl methyl sites for hydroxylation is 2. The second-order valence-electron chi connectivity index (χ2n) is 5.53. The van der Waals surface area contributed by atoms with Crippen LogP contribution in [0.4, 0.5) is 0 Å². The average molecular weight is 315 g/mol. The number of hydrogen-bond donors (Lipinski definition) is 2. The standard InChI is InChI=1S/C13H21N3O4S/c1-3-16-8-11(15-10(16)2)21(19,20)14-9-13(12(17)18)6-4-5-7-13/h8,14H,3-7,9H2,1-2H3,(H,17,18). The van der Waals surface area contributed by atoms with Crippen molar-refractivity contribution in [2.75, 3.05) is 6.54 Å². The van der Waals surface area contributed by atoms with E-state index in [0.717, 1.165) is 12.8 Å². The largest absolute Gasteiger partial charge is 0.481 e. The zero-order valence-corrected chi connectivity index (χ0v) is 13.1. The molecule has 2 rings (SSSR count). The second-order valence-corrected chi connectivity index (χ2v) is 7.24. The number of rotatable bonds is 6. The molecule has 1 aromatic rings. The minimum atomic E-state index is -3.78. The Morgan fingerprint density at radius 2 is 2.10 bits per heavy atom. The van der Waals surface area contributed by atoms with E-state index in [4.69, 9.17) is 0 Å². The van der Waals surface area contributed by atoms with Gasteiger partial charge in [-0.3, -0.25) is 4.79 Å². The van der Waals surface area contributed by atoms with E-state index >= 15 is 0 Å². The molecule has 8 heteroatoms. The van der Waals surface area contributed by atoms with E-state index in [-0.39, 0.29) is 11.6 Å². The molecule has 21 heavy (non-hydrogen) atoms. The molecule has 1 heterocycles. The lowest BCUT2D eigenvalue weighted by molar-refractivity contribution is -0.148. The van der Waals surface area contributed by atoms with Crippen molar-refractivity contribution >= 4 is 16.0 Å². The molecular formula is C13H21N3O4S. The number of carboxylic acids is 1. The van der Waals surface area contributed by atoms with Gasteiger partial charge in [0.15, 0.2) is 5.03 Å². The Labute approximate surface area is 124 Å². The maximum atomic E-state index is 12.3. The average Bonchev–Trinajstić information content (AvgIpc) is 3.04. The molecule has 0 unspecified atom stereocenters. The topological polar surface area (TPSA) is 101 Å². The zero-order chi connectivity index (χ0) is 15.7. The van der Waals surface area contributed by atoms with Crippen LogP contribution in [0.1, 0.15) is 38.4 Å². The maximum Gasteiger partial charge on any atom is 0.310 e. The van der Waals surface area contributed by atoms with Crippen LogP contribution >= 0.6 is 0 Å². The van der Waals surface area contributed by atoms with Crippen molar-refractivity contribution in [3.63, 3.8) is 0 Å². The van der Waals surface area contributed by atoms with Crippen molar-refractivity contribution < 1.29 is 18.3 Å². The number of imidazole rings is 1. The molecule has 0 atom stereocenters. The molecule has 0 saturated heterocycles. The fourth-order valence-electron chi connectivity index (χ4n) is 2.75. The van der Waals surface area contributed by atoms with Gasteiger partial charge >= 0.3 is 5.97 Å². The molecule has 0 amide bonds. The number of nitrogens with one attached hydrogen (secondary N) is 1. The predicted octanol–water partition coefficient (Wildman–Crippen LogP) is 1.13. The van der Waals surface area contributed by atoms with Crippen molar-refractivity contribution in [2.24, 2.45) is 5.41 Å². The van der Waals surface area contributed by atoms with Gasteiger partial charge in [0, 0.05) is 19.3 Å². The summed E-state index contributed by atoms with van der Waals surface area (Å²) in [6.07, 6.45) is 4.12. The van der Waals surface area contributed by atoms with Crippen LogP contribution in [0.15, 0.2) is 11.2 Å². The summed E-state index contributed by atoms with van der Waals surface area (Å²) >= 11 is 0. The molecule has 0 bridgehead atoms. The lowest BCUT2D eigenvalue weighted by atomic mass is 9.87. The molecule has 0 spiro atoms. The third-order valence-corrected chi connectivity index (χ3v) is 5.46. The number of hydrogen-bond acceptors (Lipinski definition) is 4. The van der Waals surface area contributed by atoms with Crippen LogP contribution in [0.2, 0.25) is 0 Å². The number of aromatic nitrogens is 2. The second kappa shape index (κ2) is 5.76. The van der Waals surface area contributed by atoms with Crippen molar-refractivity contribution in [1.29, 1.82) is 0 Å². The molecule has 1 saturated carbocycles. The normalized spacial score (nSPS) is 18.0. The van der Waals surface area contributed by atoms with Crippen LogP contribution in [0.3, 0.4) is 0 Å². The van der Waals surface area contributed by atoms with Gasteiger partial charge < -0.3 is 9.67 Å². The molecule has 1 aliphatic carbocycles. The minimum absolute atomic E-state index is 0.0552. The molecule has 0 aromatic carbocycles. The highest BCUT2D eigenvalue weighted by Gasteiger charge is 2.42. The van der Waals surface area contributed by atoms with Gasteiger partial charge in [-0.1, -0.05) is 12.8 Å². The van der Waals surface area contributed by atoms with Crippen LogP contribution in [0, 0.1) is 12.3 Å². The van der Waals surface area contributed by atoms with Gasteiger partial charge in [-0.15, -0.1) is 0 Å². The lowest BCUT2D eigenvalue weighted by Gasteiger charge is -2.23. The highest BCUT2D eigenvalue weighted by molar-refractivity contribution is 7.89. The van der Waals surface area contributed by atoms with E-state index in [1.807, 2.05) is 6.92 Å². The van der Waals surface area contributed by atoms with E-state index in [1.54, 1.807) is 11.5 Å². The van der Waals surface area contributed by atoms with Gasteiger partial charge in [-0.05, 0) is 26.7 Å². The Kier molecular flexibility index (Phi) is 4.38. The van der Waals surface area contributed by atoms with Gasteiger partial charge in [-0.2, -0.15) is 0 Å². The number of carboxylic acid groups (broad SMARTS) is 1. The number of aliphatic carboxylic acids is 1. The third kappa shape index (κ3) is 3.11. The van der Waals surface area contributed by atoms with Crippen molar-refractivity contribution in [3.05, 3.63) is 12.0 Å². The van der Waals surface area contributed by atoms with Gasteiger partial charge in [0.05, 0.1) is 5.41 Å². The van der Waals surface area contributed by atoms with E-state index in [2.05, 4.69) is 9.71 Å². The van der Waals surface area contributed by atoms with Gasteiger partial charge in [0.25, 0.3) is 10.0 Å². The van der Waals surface area contributed by atoms with Crippen molar-refractivity contribution in [1.82, 2.24) is 14.3 Å². The number of carbonyl (C=O) groups is 1. The zero-order valence-electron chi connectivity index (χ0n) is 12.3. The van der Waals surface area contributed by atoms with E-state index in [0.29, 0.717) is 25.2 Å². The monoisotopic (exact) mass is 315 g/mol. The minimum Gasteiger partial charge on any atom is -0.481 e. The van der Waals surface area contributed by atoms with Gasteiger partial charge in [0.1, 0.15) is 5.82 Å². The molecule has 2 N–H and O–H groups in total. The van der Waals surface area contributed by atoms with Crippen LogP contribution in [-0.2, 0) is 21.4 Å².